The Bertz CT molecular complexity index is 960. The second kappa shape index (κ2) is 7.38. The van der Waals surface area contributed by atoms with E-state index in [9.17, 15) is 26.2 Å². The summed E-state index contributed by atoms with van der Waals surface area (Å²) < 4.78 is 73.7. The fraction of sp³-hybridized carbons (Fsp3) is 0.133. The largest absolute Gasteiger partial charge is 0.295 e. The van der Waals surface area contributed by atoms with Crippen molar-refractivity contribution in [2.75, 3.05) is 4.72 Å². The molecule has 6 nitrogen and oxygen atoms in total. The van der Waals surface area contributed by atoms with E-state index in [0.717, 1.165) is 12.1 Å². The van der Waals surface area contributed by atoms with Crippen LogP contribution in [-0.4, -0.2) is 23.0 Å². The van der Waals surface area contributed by atoms with Gasteiger partial charge in [0.2, 0.25) is 0 Å². The van der Waals surface area contributed by atoms with Crippen molar-refractivity contribution in [1.29, 1.82) is 0 Å². The number of sulfone groups is 1. The zero-order valence-corrected chi connectivity index (χ0v) is 14.5. The molecule has 2 N–H and O–H groups in total. The summed E-state index contributed by atoms with van der Waals surface area (Å²) in [7, 11) is -4.24. The summed E-state index contributed by atoms with van der Waals surface area (Å²) in [5.74, 6) is -3.27. The van der Waals surface area contributed by atoms with Gasteiger partial charge < -0.3 is 0 Å². The molecule has 2 aromatic carbocycles. The third-order valence-electron chi connectivity index (χ3n) is 3.28. The molecule has 25 heavy (non-hydrogen) atoms. The van der Waals surface area contributed by atoms with Gasteiger partial charge in [-0.3, -0.25) is 14.1 Å². The van der Waals surface area contributed by atoms with E-state index in [1.165, 1.54) is 25.1 Å². The summed E-state index contributed by atoms with van der Waals surface area (Å²) in [6, 6.07) is 5.91. The van der Waals surface area contributed by atoms with Crippen molar-refractivity contribution >= 4 is 32.6 Å². The molecule has 0 saturated heterocycles. The van der Waals surface area contributed by atoms with E-state index >= 15 is 0 Å². The van der Waals surface area contributed by atoms with Crippen LogP contribution in [0.3, 0.4) is 0 Å². The summed E-state index contributed by atoms with van der Waals surface area (Å²) in [6.07, 6.45) is 0. The van der Waals surface area contributed by atoms with Crippen molar-refractivity contribution in [3.05, 3.63) is 59.2 Å². The zero-order valence-electron chi connectivity index (χ0n) is 12.8. The monoisotopic (exact) mass is 389 g/mol. The van der Waals surface area contributed by atoms with E-state index in [1.54, 1.807) is 0 Å². The van der Waals surface area contributed by atoms with Crippen molar-refractivity contribution in [2.45, 2.75) is 17.6 Å². The van der Waals surface area contributed by atoms with E-state index in [0.29, 0.717) is 6.07 Å². The Morgan fingerprint density at radius 2 is 1.88 bits per heavy atom. The molecule has 1 unspecified atom stereocenters. The molecule has 0 saturated carbocycles. The summed E-state index contributed by atoms with van der Waals surface area (Å²) in [5.41, 5.74) is 0.176. The van der Waals surface area contributed by atoms with Crippen LogP contribution in [0.25, 0.3) is 0 Å². The van der Waals surface area contributed by atoms with Gasteiger partial charge in [-0.25, -0.2) is 21.4 Å². The first-order valence-electron chi connectivity index (χ1n) is 6.79. The minimum absolute atomic E-state index is 0.00109. The van der Waals surface area contributed by atoms with E-state index in [1.807, 2.05) is 0 Å². The molecule has 0 aromatic heterocycles. The van der Waals surface area contributed by atoms with E-state index < -0.39 is 43.4 Å². The summed E-state index contributed by atoms with van der Waals surface area (Å²) in [5, 5.41) is 0. The number of hydrogen-bond acceptors (Lipinski definition) is 4. The minimum Gasteiger partial charge on any atom is -0.295 e. The molecular weight excluding hydrogens is 376 g/mol. The first-order chi connectivity index (χ1) is 11.6. The molecule has 134 valence electrons. The van der Waals surface area contributed by atoms with Crippen molar-refractivity contribution in [2.24, 2.45) is 0 Å². The van der Waals surface area contributed by atoms with Gasteiger partial charge in [0.15, 0.2) is 15.6 Å². The zero-order chi connectivity index (χ0) is 18.8. The fourth-order valence-electron chi connectivity index (χ4n) is 2.14. The van der Waals surface area contributed by atoms with Gasteiger partial charge >= 0.3 is 0 Å². The molecular formula is C15H13F2NO5S2. The number of Topliss-reactive ketones (excluding diaryl/α,β-unsaturated/α-hetero) is 1. The van der Waals surface area contributed by atoms with E-state index in [2.05, 4.69) is 4.72 Å². The number of benzene rings is 2. The maximum Gasteiger partial charge on any atom is 0.259 e. The van der Waals surface area contributed by atoms with Crippen LogP contribution in [0, 0.1) is 11.6 Å². The van der Waals surface area contributed by atoms with Gasteiger partial charge in [0, 0.05) is 11.6 Å². The SMILES string of the molecule is CC(=O)c1ccc(NS(=O)O)c(CS(=O)(=O)c2ccc(F)cc2F)c1. The van der Waals surface area contributed by atoms with Crippen LogP contribution in [-0.2, 0) is 26.9 Å². The summed E-state index contributed by atoms with van der Waals surface area (Å²) in [6.45, 7) is 1.27. The number of hydrogen-bond donors (Lipinski definition) is 2. The van der Waals surface area contributed by atoms with Gasteiger partial charge in [0.25, 0.3) is 11.3 Å². The number of halogens is 2. The number of rotatable bonds is 6. The average molecular weight is 389 g/mol. The maximum absolute atomic E-state index is 13.8. The molecule has 0 heterocycles. The topological polar surface area (TPSA) is 101 Å². The highest BCUT2D eigenvalue weighted by Gasteiger charge is 2.22. The highest BCUT2D eigenvalue weighted by Crippen LogP contribution is 2.26. The number of anilines is 1. The van der Waals surface area contributed by atoms with Crippen LogP contribution in [0.4, 0.5) is 14.5 Å². The van der Waals surface area contributed by atoms with E-state index in [-0.39, 0.29) is 22.6 Å². The normalized spacial score (nSPS) is 12.6. The molecule has 0 aliphatic rings. The third kappa shape index (κ3) is 4.68. The highest BCUT2D eigenvalue weighted by atomic mass is 32.2. The molecule has 0 fully saturated rings. The van der Waals surface area contributed by atoms with Gasteiger partial charge in [0.1, 0.15) is 16.5 Å². The van der Waals surface area contributed by atoms with Crippen LogP contribution in [0.1, 0.15) is 22.8 Å². The molecule has 0 aliphatic heterocycles. The average Bonchev–Trinajstić information content (AvgIpc) is 2.47. The lowest BCUT2D eigenvalue weighted by Gasteiger charge is -2.12. The molecule has 2 aromatic rings. The quantitative estimate of drug-likeness (QED) is 0.449. The Kier molecular flexibility index (Phi) is 5.65. The first-order valence-corrected chi connectivity index (χ1v) is 9.55. The van der Waals surface area contributed by atoms with Crippen LogP contribution in [0.2, 0.25) is 0 Å². The van der Waals surface area contributed by atoms with Gasteiger partial charge in [-0.05, 0) is 42.8 Å². The number of ketones is 1. The Balaban J connectivity index is 2.50. The van der Waals surface area contributed by atoms with Crippen molar-refractivity contribution in [3.8, 4) is 0 Å². The number of nitrogens with one attached hydrogen (secondary N) is 1. The molecule has 0 amide bonds. The number of carbonyl (C=O) groups is 1. The van der Waals surface area contributed by atoms with Crippen molar-refractivity contribution in [3.63, 3.8) is 0 Å². The van der Waals surface area contributed by atoms with Gasteiger partial charge in [-0.1, -0.05) is 0 Å². The van der Waals surface area contributed by atoms with Crippen LogP contribution >= 0.6 is 0 Å². The van der Waals surface area contributed by atoms with Crippen molar-refractivity contribution in [1.82, 2.24) is 0 Å². The molecule has 0 radical (unpaired) electrons. The second-order valence-corrected chi connectivity index (χ2v) is 7.77. The van der Waals surface area contributed by atoms with E-state index in [4.69, 9.17) is 4.55 Å². The maximum atomic E-state index is 13.8. The summed E-state index contributed by atoms with van der Waals surface area (Å²) >= 11 is -2.48. The standard InChI is InChI=1S/C15H13F2NO5S2/c1-9(19)10-2-4-14(18-24(20)21)11(6-10)8-25(22,23)15-5-3-12(16)7-13(15)17/h2-7,18H,8H2,1H3,(H,20,21). The third-order valence-corrected chi connectivity index (χ3v) is 5.37. The second-order valence-electron chi connectivity index (χ2n) is 5.11. The smallest absolute Gasteiger partial charge is 0.259 e. The first kappa shape index (κ1) is 19.2. The van der Waals surface area contributed by atoms with Crippen LogP contribution in [0.5, 0.6) is 0 Å². The van der Waals surface area contributed by atoms with Gasteiger partial charge in [0.05, 0.1) is 11.4 Å². The molecule has 10 heteroatoms. The van der Waals surface area contributed by atoms with Crippen molar-refractivity contribution < 1.29 is 30.8 Å². The Labute approximate surface area is 145 Å². The summed E-state index contributed by atoms with van der Waals surface area (Å²) in [4.78, 5) is 10.8. The van der Waals surface area contributed by atoms with Gasteiger partial charge in [-0.2, -0.15) is 0 Å². The molecule has 0 spiro atoms. The highest BCUT2D eigenvalue weighted by molar-refractivity contribution is 7.90. The lowest BCUT2D eigenvalue weighted by molar-refractivity contribution is 0.101. The molecule has 1 atom stereocenters. The molecule has 2 rings (SSSR count). The molecule has 0 aliphatic carbocycles. The van der Waals surface area contributed by atoms with Gasteiger partial charge in [-0.15, -0.1) is 0 Å². The minimum atomic E-state index is -4.24. The Morgan fingerprint density at radius 3 is 2.44 bits per heavy atom. The fourth-order valence-corrected chi connectivity index (χ4v) is 3.96. The predicted octanol–water partition coefficient (Wildman–Crippen LogP) is 2.69. The Morgan fingerprint density at radius 1 is 1.20 bits per heavy atom. The van der Waals surface area contributed by atoms with Crippen LogP contribution in [0.15, 0.2) is 41.3 Å². The Hall–Kier alpha value is -2.17. The predicted molar refractivity (Wildman–Crippen MR) is 88.1 cm³/mol. The number of carbonyl (C=O) groups excluding carboxylic acids is 1. The molecule has 0 bridgehead atoms. The lowest BCUT2D eigenvalue weighted by atomic mass is 10.1. The lowest BCUT2D eigenvalue weighted by Crippen LogP contribution is -2.12. The van der Waals surface area contributed by atoms with Crippen LogP contribution < -0.4 is 4.72 Å².